The summed E-state index contributed by atoms with van der Waals surface area (Å²) < 4.78 is 2.55. The molecule has 35 heavy (non-hydrogen) atoms. The second kappa shape index (κ2) is 10.8. The van der Waals surface area contributed by atoms with E-state index in [1.54, 1.807) is 5.56 Å². The molecule has 2 aromatic carbocycles. The highest BCUT2D eigenvalue weighted by Gasteiger charge is 2.43. The SMILES string of the molecule is Cc1cccc(C2(CCN3[C@@H]4CC[C@H]3CC(n3c(C)nc5ccccc53)C4)CCNCC2)c1.ClCl. The van der Waals surface area contributed by atoms with Crippen LogP contribution in [0.15, 0.2) is 48.5 Å². The molecule has 0 radical (unpaired) electrons. The van der Waals surface area contributed by atoms with Crippen LogP contribution < -0.4 is 5.32 Å². The third-order valence-corrected chi connectivity index (χ3v) is 9.04. The average molecular weight is 514 g/mol. The van der Waals surface area contributed by atoms with Gasteiger partial charge in [0.05, 0.1) is 11.0 Å². The molecule has 188 valence electrons. The Hall–Kier alpha value is -1.59. The van der Waals surface area contributed by atoms with Crippen LogP contribution in [-0.4, -0.2) is 46.2 Å². The smallest absolute Gasteiger partial charge is 0.106 e. The average Bonchev–Trinajstić information content (AvgIpc) is 3.35. The lowest BCUT2D eigenvalue weighted by atomic mass is 9.70. The van der Waals surface area contributed by atoms with Crippen LogP contribution in [0.1, 0.15) is 67.9 Å². The Morgan fingerprint density at radius 2 is 1.66 bits per heavy atom. The molecule has 3 fully saturated rings. The zero-order valence-electron chi connectivity index (χ0n) is 21.0. The first-order chi connectivity index (χ1) is 17.1. The first-order valence-electron chi connectivity index (χ1n) is 13.2. The number of aromatic nitrogens is 2. The lowest BCUT2D eigenvalue weighted by Crippen LogP contribution is -2.47. The van der Waals surface area contributed by atoms with Crippen molar-refractivity contribution in [1.82, 2.24) is 19.8 Å². The fourth-order valence-electron chi connectivity index (χ4n) is 7.35. The molecule has 3 atom stereocenters. The molecular formula is C29H38Cl2N4. The van der Waals surface area contributed by atoms with Gasteiger partial charge in [0.15, 0.2) is 0 Å². The quantitative estimate of drug-likeness (QED) is 0.402. The summed E-state index contributed by atoms with van der Waals surface area (Å²) in [5.74, 6) is 1.18. The molecule has 0 saturated carbocycles. The lowest BCUT2D eigenvalue weighted by Gasteiger charge is -2.44. The van der Waals surface area contributed by atoms with Crippen molar-refractivity contribution in [3.05, 3.63) is 65.5 Å². The van der Waals surface area contributed by atoms with Gasteiger partial charge in [0.2, 0.25) is 0 Å². The highest BCUT2D eigenvalue weighted by molar-refractivity contribution is 6.85. The van der Waals surface area contributed by atoms with Crippen molar-refractivity contribution in [1.29, 1.82) is 0 Å². The van der Waals surface area contributed by atoms with E-state index in [9.17, 15) is 0 Å². The van der Waals surface area contributed by atoms with Gasteiger partial charge in [-0.05, 0) is 102 Å². The van der Waals surface area contributed by atoms with Crippen molar-refractivity contribution >= 4 is 32.7 Å². The molecule has 1 N–H and O–H groups in total. The van der Waals surface area contributed by atoms with Crippen molar-refractivity contribution in [3.63, 3.8) is 0 Å². The van der Waals surface area contributed by atoms with Crippen LogP contribution in [0.4, 0.5) is 0 Å². The first-order valence-corrected chi connectivity index (χ1v) is 14.4. The molecule has 3 aromatic rings. The number of benzene rings is 2. The standard InChI is InChI=1S/C29H38N4.Cl2/c1-21-6-5-7-23(18-21)29(12-15-30-16-13-29)14-17-32-24-10-11-25(32)20-26(19-24)33-22(2)31-27-8-3-4-9-28(27)33;1-2/h3-9,18,24-26,30H,10-17,19-20H2,1-2H3;/t24-,25+,26?;. The molecule has 3 saturated heterocycles. The topological polar surface area (TPSA) is 33.1 Å². The molecule has 3 aliphatic rings. The summed E-state index contributed by atoms with van der Waals surface area (Å²) in [5.41, 5.74) is 5.78. The molecule has 6 heteroatoms. The number of para-hydroxylation sites is 2. The molecule has 1 unspecified atom stereocenters. The number of piperidine rings is 2. The van der Waals surface area contributed by atoms with Crippen LogP contribution in [0.3, 0.4) is 0 Å². The number of nitrogens with zero attached hydrogens (tertiary/aromatic N) is 3. The summed E-state index contributed by atoms with van der Waals surface area (Å²) in [6, 6.07) is 20.1. The molecule has 0 amide bonds. The highest BCUT2D eigenvalue weighted by Crippen LogP contribution is 2.44. The van der Waals surface area contributed by atoms with Gasteiger partial charge in [-0.1, -0.05) is 42.0 Å². The molecule has 0 aliphatic carbocycles. The summed E-state index contributed by atoms with van der Waals surface area (Å²) in [5, 5.41) is 3.61. The molecule has 4 nitrogen and oxygen atoms in total. The number of fused-ring (bicyclic) bond motifs is 3. The van der Waals surface area contributed by atoms with E-state index in [1.165, 1.54) is 68.4 Å². The second-order valence-electron chi connectivity index (χ2n) is 10.9. The summed E-state index contributed by atoms with van der Waals surface area (Å²) >= 11 is 0. The van der Waals surface area contributed by atoms with E-state index in [1.807, 2.05) is 0 Å². The number of imidazole rings is 1. The van der Waals surface area contributed by atoms with Crippen molar-refractivity contribution in [2.45, 2.75) is 82.3 Å². The predicted octanol–water partition coefficient (Wildman–Crippen LogP) is 6.91. The van der Waals surface area contributed by atoms with Crippen LogP contribution in [0, 0.1) is 13.8 Å². The van der Waals surface area contributed by atoms with E-state index in [0.29, 0.717) is 11.5 Å². The zero-order chi connectivity index (χ0) is 24.4. The third-order valence-electron chi connectivity index (χ3n) is 9.04. The van der Waals surface area contributed by atoms with Gasteiger partial charge in [-0.3, -0.25) is 4.90 Å². The van der Waals surface area contributed by atoms with Crippen molar-refractivity contribution in [3.8, 4) is 0 Å². The van der Waals surface area contributed by atoms with Gasteiger partial charge in [0.1, 0.15) is 5.82 Å². The van der Waals surface area contributed by atoms with Gasteiger partial charge in [-0.15, -0.1) is 0 Å². The molecule has 0 spiro atoms. The summed E-state index contributed by atoms with van der Waals surface area (Å²) in [6.45, 7) is 7.98. The molecule has 2 bridgehead atoms. The van der Waals surface area contributed by atoms with Crippen LogP contribution in [0.5, 0.6) is 0 Å². The van der Waals surface area contributed by atoms with Crippen LogP contribution in [0.2, 0.25) is 0 Å². The van der Waals surface area contributed by atoms with Crippen molar-refractivity contribution in [2.75, 3.05) is 19.6 Å². The summed E-state index contributed by atoms with van der Waals surface area (Å²) in [4.78, 5) is 7.78. The molecule has 1 aromatic heterocycles. The summed E-state index contributed by atoms with van der Waals surface area (Å²) in [6.07, 6.45) is 9.11. The van der Waals surface area contributed by atoms with E-state index < -0.39 is 0 Å². The van der Waals surface area contributed by atoms with Gasteiger partial charge in [0, 0.05) is 39.8 Å². The van der Waals surface area contributed by atoms with Gasteiger partial charge in [-0.25, -0.2) is 4.98 Å². The molecule has 3 aliphatic heterocycles. The van der Waals surface area contributed by atoms with Crippen molar-refractivity contribution in [2.24, 2.45) is 0 Å². The molecule has 4 heterocycles. The number of halogens is 2. The van der Waals surface area contributed by atoms with Gasteiger partial charge < -0.3 is 9.88 Å². The maximum Gasteiger partial charge on any atom is 0.106 e. The minimum atomic E-state index is 0.338. The molecular weight excluding hydrogens is 475 g/mol. The third kappa shape index (κ3) is 4.87. The number of nitrogens with one attached hydrogen (secondary N) is 1. The number of hydrogen-bond donors (Lipinski definition) is 1. The Balaban J connectivity index is 0.00000124. The minimum absolute atomic E-state index is 0.338. The van der Waals surface area contributed by atoms with E-state index in [-0.39, 0.29) is 0 Å². The Morgan fingerprint density at radius 3 is 2.37 bits per heavy atom. The molecule has 6 rings (SSSR count). The lowest BCUT2D eigenvalue weighted by molar-refractivity contribution is 0.0929. The number of hydrogen-bond acceptors (Lipinski definition) is 3. The van der Waals surface area contributed by atoms with Crippen LogP contribution in [-0.2, 0) is 5.41 Å². The predicted molar refractivity (Wildman–Crippen MR) is 148 cm³/mol. The maximum absolute atomic E-state index is 4.87. The minimum Gasteiger partial charge on any atom is -0.325 e. The van der Waals surface area contributed by atoms with Gasteiger partial charge in [0.25, 0.3) is 0 Å². The van der Waals surface area contributed by atoms with E-state index in [2.05, 4.69) is 98.9 Å². The normalized spacial score (nSPS) is 25.9. The Kier molecular flexibility index (Phi) is 7.74. The Bertz CT molecular complexity index is 1120. The monoisotopic (exact) mass is 512 g/mol. The summed E-state index contributed by atoms with van der Waals surface area (Å²) in [7, 11) is 8.22. The van der Waals surface area contributed by atoms with Gasteiger partial charge >= 0.3 is 0 Å². The van der Waals surface area contributed by atoms with Crippen molar-refractivity contribution < 1.29 is 0 Å². The van der Waals surface area contributed by atoms with Crippen LogP contribution >= 0.6 is 21.7 Å². The van der Waals surface area contributed by atoms with E-state index >= 15 is 0 Å². The fourth-order valence-corrected chi connectivity index (χ4v) is 7.35. The largest absolute Gasteiger partial charge is 0.325 e. The Morgan fingerprint density at radius 1 is 0.943 bits per heavy atom. The fraction of sp³-hybridized carbons (Fsp3) is 0.552. The number of rotatable bonds is 5. The number of aryl methyl sites for hydroxylation is 2. The van der Waals surface area contributed by atoms with E-state index in [4.69, 9.17) is 4.98 Å². The second-order valence-corrected chi connectivity index (χ2v) is 10.9. The maximum atomic E-state index is 4.87. The van der Waals surface area contributed by atoms with Crippen LogP contribution in [0.25, 0.3) is 11.0 Å². The Labute approximate surface area is 219 Å². The highest BCUT2D eigenvalue weighted by atomic mass is 36.5. The van der Waals surface area contributed by atoms with E-state index in [0.717, 1.165) is 30.7 Å². The van der Waals surface area contributed by atoms with Gasteiger partial charge in [-0.2, -0.15) is 0 Å². The zero-order valence-corrected chi connectivity index (χ0v) is 22.5. The first kappa shape index (κ1) is 25.1.